The Morgan fingerprint density at radius 3 is 2.61 bits per heavy atom. The summed E-state index contributed by atoms with van der Waals surface area (Å²) in [4.78, 5) is 50.3. The molecule has 4 amide bonds. The van der Waals surface area contributed by atoms with E-state index in [1.54, 1.807) is 0 Å². The summed E-state index contributed by atoms with van der Waals surface area (Å²) in [5, 5.41) is 23.2. The van der Waals surface area contributed by atoms with Crippen molar-refractivity contribution < 1.29 is 29.2 Å². The average Bonchev–Trinajstić information content (AvgIpc) is 2.67. The number of carboxylic acids is 1. The number of benzene rings is 1. The van der Waals surface area contributed by atoms with Gasteiger partial charge in [0.25, 0.3) is 5.69 Å². The maximum Gasteiger partial charge on any atom is 0.335 e. The molecule has 3 rings (SSSR count). The number of carbonyl (C=O) groups excluding carboxylic acids is 2. The molecule has 1 aromatic rings. The van der Waals surface area contributed by atoms with Crippen LogP contribution in [0.1, 0.15) is 18.5 Å². The average molecular weight is 390 g/mol. The van der Waals surface area contributed by atoms with Crippen molar-refractivity contribution in [3.8, 4) is 0 Å². The smallest absolute Gasteiger partial charge is 0.335 e. The number of urea groups is 2. The number of ether oxygens (including phenoxy) is 1. The number of hydrogen-bond acceptors (Lipinski definition) is 6. The highest BCUT2D eigenvalue weighted by Gasteiger charge is 2.43. The van der Waals surface area contributed by atoms with Crippen LogP contribution >= 0.6 is 0 Å². The molecule has 1 fully saturated rings. The van der Waals surface area contributed by atoms with Crippen molar-refractivity contribution in [1.82, 2.24) is 15.1 Å². The summed E-state index contributed by atoms with van der Waals surface area (Å²) in [6.07, 6.45) is 0. The maximum absolute atomic E-state index is 13.0. The van der Waals surface area contributed by atoms with Crippen molar-refractivity contribution in [2.24, 2.45) is 0 Å². The molecule has 0 saturated carbocycles. The number of nitro benzene ring substituents is 1. The number of morpholine rings is 1. The molecule has 1 atom stereocenters. The van der Waals surface area contributed by atoms with Gasteiger partial charge in [-0.1, -0.05) is 12.1 Å². The van der Waals surface area contributed by atoms with Gasteiger partial charge in [0.2, 0.25) is 0 Å². The topological polar surface area (TPSA) is 142 Å². The molecule has 11 heteroatoms. The monoisotopic (exact) mass is 390 g/mol. The Hall–Kier alpha value is -3.47. The van der Waals surface area contributed by atoms with Crippen molar-refractivity contribution in [1.29, 1.82) is 0 Å². The van der Waals surface area contributed by atoms with E-state index in [0.29, 0.717) is 13.2 Å². The summed E-state index contributed by atoms with van der Waals surface area (Å²) < 4.78 is 5.20. The first-order valence-corrected chi connectivity index (χ1v) is 8.46. The lowest BCUT2D eigenvalue weighted by Gasteiger charge is -2.39. The Bertz CT molecular complexity index is 876. The zero-order chi connectivity index (χ0) is 20.4. The van der Waals surface area contributed by atoms with Crippen molar-refractivity contribution in [3.05, 3.63) is 51.2 Å². The third-order valence-electron chi connectivity index (χ3n) is 4.56. The Morgan fingerprint density at radius 2 is 2.00 bits per heavy atom. The van der Waals surface area contributed by atoms with Gasteiger partial charge in [-0.3, -0.25) is 10.1 Å². The van der Waals surface area contributed by atoms with Gasteiger partial charge in [0.05, 0.1) is 23.7 Å². The summed E-state index contributed by atoms with van der Waals surface area (Å²) >= 11 is 0. The molecule has 0 spiro atoms. The third kappa shape index (κ3) is 3.51. The normalized spacial score (nSPS) is 20.0. The van der Waals surface area contributed by atoms with Gasteiger partial charge in [-0.15, -0.1) is 0 Å². The quantitative estimate of drug-likeness (QED) is 0.588. The molecular weight excluding hydrogens is 372 g/mol. The minimum atomic E-state index is -1.34. The van der Waals surface area contributed by atoms with Gasteiger partial charge in [0.15, 0.2) is 0 Å². The lowest BCUT2D eigenvalue weighted by molar-refractivity contribution is -0.384. The van der Waals surface area contributed by atoms with Gasteiger partial charge in [0.1, 0.15) is 6.04 Å². The molecule has 2 aliphatic rings. The number of imide groups is 1. The van der Waals surface area contributed by atoms with Crippen LogP contribution in [-0.4, -0.2) is 64.2 Å². The lowest BCUT2D eigenvalue weighted by atomic mass is 9.93. The molecule has 0 aromatic heterocycles. The van der Waals surface area contributed by atoms with Crippen LogP contribution in [0.4, 0.5) is 15.3 Å². The zero-order valence-corrected chi connectivity index (χ0v) is 15.0. The molecule has 2 N–H and O–H groups in total. The highest BCUT2D eigenvalue weighted by molar-refractivity contribution is 6.01. The zero-order valence-electron chi connectivity index (χ0n) is 15.0. The summed E-state index contributed by atoms with van der Waals surface area (Å²) in [6, 6.07) is 2.45. The highest BCUT2D eigenvalue weighted by atomic mass is 16.6. The van der Waals surface area contributed by atoms with Crippen LogP contribution in [0.3, 0.4) is 0 Å². The summed E-state index contributed by atoms with van der Waals surface area (Å²) in [7, 11) is 0. The van der Waals surface area contributed by atoms with Crippen molar-refractivity contribution in [2.45, 2.75) is 13.0 Å². The van der Waals surface area contributed by atoms with Gasteiger partial charge >= 0.3 is 18.0 Å². The first-order chi connectivity index (χ1) is 13.3. The minimum Gasteiger partial charge on any atom is -0.478 e. The molecular formula is C17H18N4O7. The van der Waals surface area contributed by atoms with Crippen LogP contribution in [0, 0.1) is 10.1 Å². The summed E-state index contributed by atoms with van der Waals surface area (Å²) in [5.74, 6) is -1.34. The number of nitrogens with zero attached hydrogens (tertiary/aromatic N) is 3. The Morgan fingerprint density at radius 1 is 1.32 bits per heavy atom. The van der Waals surface area contributed by atoms with E-state index in [0.717, 1.165) is 4.90 Å². The van der Waals surface area contributed by atoms with Crippen LogP contribution in [0.25, 0.3) is 0 Å². The lowest BCUT2D eigenvalue weighted by Crippen LogP contribution is -2.56. The third-order valence-corrected chi connectivity index (χ3v) is 4.56. The van der Waals surface area contributed by atoms with Crippen LogP contribution in [0.2, 0.25) is 0 Å². The van der Waals surface area contributed by atoms with E-state index in [2.05, 4.69) is 5.32 Å². The van der Waals surface area contributed by atoms with E-state index in [4.69, 9.17) is 4.74 Å². The van der Waals surface area contributed by atoms with Crippen LogP contribution in [-0.2, 0) is 9.53 Å². The first-order valence-electron chi connectivity index (χ1n) is 8.46. The number of allylic oxidation sites excluding steroid dienone is 1. The maximum atomic E-state index is 13.0. The van der Waals surface area contributed by atoms with Gasteiger partial charge in [-0.05, 0) is 12.5 Å². The van der Waals surface area contributed by atoms with Gasteiger partial charge < -0.3 is 20.1 Å². The van der Waals surface area contributed by atoms with E-state index in [9.17, 15) is 29.6 Å². The van der Waals surface area contributed by atoms with Crippen molar-refractivity contribution in [3.63, 3.8) is 0 Å². The second kappa shape index (κ2) is 7.64. The molecule has 0 aliphatic carbocycles. The molecule has 1 aromatic carbocycles. The van der Waals surface area contributed by atoms with Crippen molar-refractivity contribution in [2.75, 3.05) is 26.3 Å². The number of nitro groups is 1. The Labute approximate surface area is 159 Å². The largest absolute Gasteiger partial charge is 0.478 e. The van der Waals surface area contributed by atoms with Crippen molar-refractivity contribution >= 4 is 23.7 Å². The number of carboxylic acid groups (broad SMARTS) is 1. The Kier molecular flexibility index (Phi) is 5.27. The highest BCUT2D eigenvalue weighted by Crippen LogP contribution is 2.35. The summed E-state index contributed by atoms with van der Waals surface area (Å²) in [5.41, 5.74) is -0.284. The van der Waals surface area contributed by atoms with E-state index >= 15 is 0 Å². The number of carbonyl (C=O) groups is 3. The van der Waals surface area contributed by atoms with Gasteiger partial charge in [-0.2, -0.15) is 0 Å². The van der Waals surface area contributed by atoms with E-state index in [1.165, 1.54) is 36.1 Å². The van der Waals surface area contributed by atoms with E-state index in [-0.39, 0.29) is 35.6 Å². The number of amides is 4. The predicted octanol–water partition coefficient (Wildman–Crippen LogP) is 1.47. The predicted molar refractivity (Wildman–Crippen MR) is 94.3 cm³/mol. The SMILES string of the molecule is CC1=C(C(=O)O)C(c2cccc([N+](=O)[O-])c2)N(C(=O)N2CCOCC2)C(=O)N1. The fourth-order valence-electron chi connectivity index (χ4n) is 3.25. The number of rotatable bonds is 3. The molecule has 1 unspecified atom stereocenters. The number of hydrogen-bond donors (Lipinski definition) is 2. The van der Waals surface area contributed by atoms with Gasteiger partial charge in [0, 0.05) is 30.9 Å². The second-order valence-corrected chi connectivity index (χ2v) is 6.28. The fraction of sp³-hybridized carbons (Fsp3) is 0.353. The fourth-order valence-corrected chi connectivity index (χ4v) is 3.25. The number of non-ortho nitro benzene ring substituents is 1. The Balaban J connectivity index is 2.11. The van der Waals surface area contributed by atoms with Crippen LogP contribution in [0.15, 0.2) is 35.5 Å². The molecule has 2 heterocycles. The molecule has 11 nitrogen and oxygen atoms in total. The van der Waals surface area contributed by atoms with Gasteiger partial charge in [-0.25, -0.2) is 19.3 Å². The summed E-state index contributed by atoms with van der Waals surface area (Å²) in [6.45, 7) is 2.49. The number of aliphatic carboxylic acids is 1. The standard InChI is InChI=1S/C17H18N4O7/c1-10-13(15(22)23)14(11-3-2-4-12(9-11)21(26)27)20(16(24)18-10)17(25)19-5-7-28-8-6-19/h2-4,9,14H,5-8H2,1H3,(H,18,24)(H,22,23). The second-order valence-electron chi connectivity index (χ2n) is 6.28. The molecule has 0 radical (unpaired) electrons. The molecule has 0 bridgehead atoms. The van der Waals surface area contributed by atoms with Crippen LogP contribution in [0.5, 0.6) is 0 Å². The molecule has 1 saturated heterocycles. The first kappa shape index (κ1) is 19.3. The van der Waals surface area contributed by atoms with E-state index in [1.807, 2.05) is 0 Å². The number of nitrogens with one attached hydrogen (secondary N) is 1. The minimum absolute atomic E-state index is 0.0695. The van der Waals surface area contributed by atoms with Crippen LogP contribution < -0.4 is 5.32 Å². The molecule has 148 valence electrons. The van der Waals surface area contributed by atoms with E-state index < -0.39 is 29.0 Å². The molecule has 28 heavy (non-hydrogen) atoms. The molecule has 2 aliphatic heterocycles.